The minimum atomic E-state index is -0.00612. The van der Waals surface area contributed by atoms with Crippen LogP contribution in [0.3, 0.4) is 0 Å². The summed E-state index contributed by atoms with van der Waals surface area (Å²) in [6.45, 7) is 4.41. The van der Waals surface area contributed by atoms with E-state index in [1.54, 1.807) is 19.2 Å². The maximum Gasteiger partial charge on any atom is 0.124 e. The zero-order valence-electron chi connectivity index (χ0n) is 9.21. The third-order valence-corrected chi connectivity index (χ3v) is 2.35. The van der Waals surface area contributed by atoms with Gasteiger partial charge in [-0.25, -0.2) is 0 Å². The van der Waals surface area contributed by atoms with Crippen LogP contribution in [0.5, 0.6) is 5.75 Å². The molecule has 1 unspecified atom stereocenters. The molecule has 0 aliphatic carbocycles. The number of methoxy groups -OCH3 is 1. The smallest absolute Gasteiger partial charge is 0.124 e. The Hall–Kier alpha value is -0.930. The lowest BCUT2D eigenvalue weighted by molar-refractivity contribution is 0.0916. The van der Waals surface area contributed by atoms with Gasteiger partial charge in [0.1, 0.15) is 11.9 Å². The second-order valence-electron chi connectivity index (χ2n) is 3.52. The second kappa shape index (κ2) is 5.24. The summed E-state index contributed by atoms with van der Waals surface area (Å²) in [5.41, 5.74) is 7.21. The van der Waals surface area contributed by atoms with Crippen molar-refractivity contribution in [3.63, 3.8) is 0 Å². The van der Waals surface area contributed by atoms with Crippen LogP contribution < -0.4 is 10.5 Å². The molecule has 1 aromatic rings. The van der Waals surface area contributed by atoms with Gasteiger partial charge in [-0.05, 0) is 25.5 Å². The first-order valence-electron chi connectivity index (χ1n) is 4.75. The number of anilines is 1. The average Bonchev–Trinajstić information content (AvgIpc) is 2.14. The van der Waals surface area contributed by atoms with Crippen molar-refractivity contribution in [2.24, 2.45) is 0 Å². The molecule has 0 bridgehead atoms. The molecule has 2 N–H and O–H groups in total. The molecule has 1 aromatic carbocycles. The highest BCUT2D eigenvalue weighted by molar-refractivity contribution is 6.33. The van der Waals surface area contributed by atoms with Gasteiger partial charge in [0.15, 0.2) is 0 Å². The van der Waals surface area contributed by atoms with E-state index in [1.807, 2.05) is 13.8 Å². The van der Waals surface area contributed by atoms with Crippen molar-refractivity contribution in [3.8, 4) is 5.75 Å². The zero-order chi connectivity index (χ0) is 11.4. The molecule has 15 heavy (non-hydrogen) atoms. The molecule has 0 amide bonds. The fourth-order valence-electron chi connectivity index (χ4n) is 1.30. The number of rotatable bonds is 4. The van der Waals surface area contributed by atoms with Gasteiger partial charge in [-0.1, -0.05) is 11.6 Å². The maximum atomic E-state index is 5.91. The molecule has 1 atom stereocenters. The Morgan fingerprint density at radius 2 is 2.13 bits per heavy atom. The third kappa shape index (κ3) is 3.29. The van der Waals surface area contributed by atoms with Gasteiger partial charge in [-0.15, -0.1) is 0 Å². The lowest BCUT2D eigenvalue weighted by Crippen LogP contribution is -2.18. The Labute approximate surface area is 95.1 Å². The number of aryl methyl sites for hydroxylation is 1. The molecule has 0 fully saturated rings. The van der Waals surface area contributed by atoms with Gasteiger partial charge in [-0.2, -0.15) is 0 Å². The van der Waals surface area contributed by atoms with Crippen LogP contribution in [0.15, 0.2) is 12.1 Å². The summed E-state index contributed by atoms with van der Waals surface area (Å²) >= 11 is 5.91. The molecule has 0 aromatic heterocycles. The van der Waals surface area contributed by atoms with E-state index in [9.17, 15) is 0 Å². The molecule has 1 rings (SSSR count). The predicted octanol–water partition coefficient (Wildman–Crippen LogP) is 2.64. The van der Waals surface area contributed by atoms with Gasteiger partial charge in [0.25, 0.3) is 0 Å². The van der Waals surface area contributed by atoms with Crippen molar-refractivity contribution in [1.29, 1.82) is 0 Å². The number of nitrogens with two attached hydrogens (primary N) is 1. The molecule has 0 saturated carbocycles. The molecule has 0 aliphatic heterocycles. The number of nitrogen functional groups attached to an aromatic ring is 1. The first-order chi connectivity index (χ1) is 7.04. The summed E-state index contributed by atoms with van der Waals surface area (Å²) in [6, 6.07) is 3.54. The van der Waals surface area contributed by atoms with E-state index < -0.39 is 0 Å². The van der Waals surface area contributed by atoms with Gasteiger partial charge in [0.05, 0.1) is 17.3 Å². The molecule has 4 heteroatoms. The largest absolute Gasteiger partial charge is 0.488 e. The zero-order valence-corrected chi connectivity index (χ0v) is 9.97. The second-order valence-corrected chi connectivity index (χ2v) is 3.93. The van der Waals surface area contributed by atoms with Gasteiger partial charge in [0, 0.05) is 13.2 Å². The van der Waals surface area contributed by atoms with Crippen LogP contribution >= 0.6 is 11.6 Å². The van der Waals surface area contributed by atoms with Crippen molar-refractivity contribution in [3.05, 3.63) is 22.7 Å². The molecule has 0 heterocycles. The van der Waals surface area contributed by atoms with Crippen LogP contribution in [0, 0.1) is 6.92 Å². The van der Waals surface area contributed by atoms with Gasteiger partial charge < -0.3 is 15.2 Å². The topological polar surface area (TPSA) is 44.5 Å². The maximum absolute atomic E-state index is 5.91. The third-order valence-electron chi connectivity index (χ3n) is 2.02. The van der Waals surface area contributed by atoms with Crippen LogP contribution in [-0.4, -0.2) is 19.8 Å². The highest BCUT2D eigenvalue weighted by Crippen LogP contribution is 2.28. The summed E-state index contributed by atoms with van der Waals surface area (Å²) in [4.78, 5) is 0. The highest BCUT2D eigenvalue weighted by Gasteiger charge is 2.08. The highest BCUT2D eigenvalue weighted by atomic mass is 35.5. The number of benzene rings is 1. The number of hydrogen-bond acceptors (Lipinski definition) is 3. The van der Waals surface area contributed by atoms with E-state index in [0.717, 1.165) is 11.3 Å². The molecule has 3 nitrogen and oxygen atoms in total. The fourth-order valence-corrected chi connectivity index (χ4v) is 1.45. The summed E-state index contributed by atoms with van der Waals surface area (Å²) in [5, 5.41) is 0.514. The summed E-state index contributed by atoms with van der Waals surface area (Å²) < 4.78 is 10.6. The molecule has 0 radical (unpaired) electrons. The summed E-state index contributed by atoms with van der Waals surface area (Å²) in [6.07, 6.45) is -0.00612. The number of ether oxygens (including phenoxy) is 2. The fraction of sp³-hybridized carbons (Fsp3) is 0.455. The first kappa shape index (κ1) is 12.1. The molecule has 0 spiro atoms. The Kier molecular flexibility index (Phi) is 4.24. The SMILES string of the molecule is COCC(C)Oc1cc(Cl)c(N)cc1C. The van der Waals surface area contributed by atoms with Crippen molar-refractivity contribution in [2.45, 2.75) is 20.0 Å². The molecule has 0 aliphatic rings. The first-order valence-corrected chi connectivity index (χ1v) is 5.13. The van der Waals surface area contributed by atoms with E-state index in [-0.39, 0.29) is 6.10 Å². The monoisotopic (exact) mass is 229 g/mol. The average molecular weight is 230 g/mol. The van der Waals surface area contributed by atoms with E-state index in [0.29, 0.717) is 17.3 Å². The standard InChI is InChI=1S/C11H16ClNO2/c1-7-4-10(13)9(12)5-11(7)15-8(2)6-14-3/h4-5,8H,6,13H2,1-3H3. The minimum absolute atomic E-state index is 0.00612. The van der Waals surface area contributed by atoms with Crippen molar-refractivity contribution < 1.29 is 9.47 Å². The Bertz CT molecular complexity index is 342. The van der Waals surface area contributed by atoms with Crippen molar-refractivity contribution >= 4 is 17.3 Å². The van der Waals surface area contributed by atoms with E-state index >= 15 is 0 Å². The van der Waals surface area contributed by atoms with E-state index in [1.165, 1.54) is 0 Å². The van der Waals surface area contributed by atoms with Crippen LogP contribution in [0.2, 0.25) is 5.02 Å². The summed E-state index contributed by atoms with van der Waals surface area (Å²) in [5.74, 6) is 0.749. The van der Waals surface area contributed by atoms with Gasteiger partial charge in [0.2, 0.25) is 0 Å². The number of hydrogen-bond donors (Lipinski definition) is 1. The lowest BCUT2D eigenvalue weighted by Gasteiger charge is -2.16. The summed E-state index contributed by atoms with van der Waals surface area (Å²) in [7, 11) is 1.64. The van der Waals surface area contributed by atoms with Crippen LogP contribution in [0.25, 0.3) is 0 Å². The van der Waals surface area contributed by atoms with Crippen LogP contribution in [0.1, 0.15) is 12.5 Å². The molecule has 0 saturated heterocycles. The predicted molar refractivity (Wildman–Crippen MR) is 62.6 cm³/mol. The van der Waals surface area contributed by atoms with E-state index in [4.69, 9.17) is 26.8 Å². The Morgan fingerprint density at radius 1 is 1.47 bits per heavy atom. The molecule has 84 valence electrons. The Morgan fingerprint density at radius 3 is 2.73 bits per heavy atom. The Balaban J connectivity index is 2.81. The van der Waals surface area contributed by atoms with E-state index in [2.05, 4.69) is 0 Å². The van der Waals surface area contributed by atoms with Crippen molar-refractivity contribution in [1.82, 2.24) is 0 Å². The minimum Gasteiger partial charge on any atom is -0.488 e. The molecular formula is C11H16ClNO2. The quantitative estimate of drug-likeness (QED) is 0.808. The van der Waals surface area contributed by atoms with Gasteiger partial charge in [-0.3, -0.25) is 0 Å². The van der Waals surface area contributed by atoms with Crippen molar-refractivity contribution in [2.75, 3.05) is 19.5 Å². The number of halogens is 1. The lowest BCUT2D eigenvalue weighted by atomic mass is 10.2. The normalized spacial score (nSPS) is 12.5. The van der Waals surface area contributed by atoms with Crippen LogP contribution in [-0.2, 0) is 4.74 Å². The van der Waals surface area contributed by atoms with Crippen LogP contribution in [0.4, 0.5) is 5.69 Å². The van der Waals surface area contributed by atoms with Gasteiger partial charge >= 0.3 is 0 Å². The molecular weight excluding hydrogens is 214 g/mol.